The highest BCUT2D eigenvalue weighted by molar-refractivity contribution is 9.10. The molecule has 8 heteroatoms. The molecule has 4 aliphatic rings. The standard InChI is InChI=1S/C30H25BrCl2N2O3/c1-15(2)25(26(36)34-22-13-12-17(31)14-16(22)3)35-27(37)23-24(28(35)38)30(33)19-9-5-4-8-18(19)29(23,32)20-10-6-7-11-21(20)30/h4-15,23-25H,1-3H3,(H,34,36)/t23-,24-,25-,29?,30?/m0/s1. The van der Waals surface area contributed by atoms with E-state index in [0.717, 1.165) is 37.2 Å². The Labute approximate surface area is 239 Å². The van der Waals surface area contributed by atoms with Crippen LogP contribution in [0.1, 0.15) is 41.7 Å². The van der Waals surface area contributed by atoms with Gasteiger partial charge in [0.05, 0.1) is 11.8 Å². The van der Waals surface area contributed by atoms with E-state index in [-0.39, 0.29) is 5.92 Å². The van der Waals surface area contributed by atoms with Crippen molar-refractivity contribution in [3.05, 3.63) is 99.0 Å². The number of carbonyl (C=O) groups is 3. The van der Waals surface area contributed by atoms with Crippen molar-refractivity contribution >= 4 is 62.5 Å². The van der Waals surface area contributed by atoms with E-state index in [1.165, 1.54) is 0 Å². The average molecular weight is 612 g/mol. The Bertz CT molecular complexity index is 1420. The molecule has 0 aromatic heterocycles. The summed E-state index contributed by atoms with van der Waals surface area (Å²) in [7, 11) is 0. The number of nitrogens with one attached hydrogen (secondary N) is 1. The number of benzene rings is 3. The van der Waals surface area contributed by atoms with Gasteiger partial charge in [0.2, 0.25) is 17.7 Å². The van der Waals surface area contributed by atoms with Crippen LogP contribution in [0.4, 0.5) is 5.69 Å². The minimum absolute atomic E-state index is 0.348. The normalized spacial score (nSPS) is 27.7. The summed E-state index contributed by atoms with van der Waals surface area (Å²) in [6, 6.07) is 19.5. The molecule has 1 N–H and O–H groups in total. The van der Waals surface area contributed by atoms with E-state index in [4.69, 9.17) is 23.2 Å². The number of nitrogens with zero attached hydrogens (tertiary/aromatic N) is 1. The maximum atomic E-state index is 14.3. The molecule has 0 radical (unpaired) electrons. The van der Waals surface area contributed by atoms with Crippen molar-refractivity contribution in [2.45, 2.75) is 36.6 Å². The van der Waals surface area contributed by atoms with Crippen LogP contribution < -0.4 is 5.32 Å². The summed E-state index contributed by atoms with van der Waals surface area (Å²) in [5.74, 6) is -3.60. The zero-order valence-electron chi connectivity index (χ0n) is 21.0. The maximum Gasteiger partial charge on any atom is 0.247 e. The van der Waals surface area contributed by atoms with Gasteiger partial charge in [-0.25, -0.2) is 0 Å². The predicted molar refractivity (Wildman–Crippen MR) is 151 cm³/mol. The van der Waals surface area contributed by atoms with E-state index in [1.54, 1.807) is 6.07 Å². The Kier molecular flexibility index (Phi) is 5.84. The Morgan fingerprint density at radius 1 is 0.868 bits per heavy atom. The van der Waals surface area contributed by atoms with Gasteiger partial charge >= 0.3 is 0 Å². The first-order chi connectivity index (χ1) is 18.0. The monoisotopic (exact) mass is 610 g/mol. The van der Waals surface area contributed by atoms with Crippen LogP contribution >= 0.6 is 39.1 Å². The molecule has 1 aliphatic heterocycles. The van der Waals surface area contributed by atoms with E-state index in [9.17, 15) is 14.4 Å². The highest BCUT2D eigenvalue weighted by Crippen LogP contribution is 2.69. The van der Waals surface area contributed by atoms with Gasteiger partial charge in [0.1, 0.15) is 15.8 Å². The Morgan fingerprint density at radius 3 is 1.71 bits per heavy atom. The fourth-order valence-electron chi connectivity index (χ4n) is 6.65. The summed E-state index contributed by atoms with van der Waals surface area (Å²) >= 11 is 18.5. The number of amides is 3. The molecule has 3 aromatic rings. The largest absolute Gasteiger partial charge is 0.324 e. The number of imide groups is 1. The first kappa shape index (κ1) is 25.6. The SMILES string of the molecule is Cc1cc(Br)ccc1NC(=O)[C@H](C(C)C)N1C(=O)[C@@H]2[C@@H](C1=O)C1(Cl)c3ccccc3C2(Cl)c2ccccc21. The molecule has 3 aliphatic carbocycles. The van der Waals surface area contributed by atoms with Crippen LogP contribution in [0.25, 0.3) is 0 Å². The first-order valence-electron chi connectivity index (χ1n) is 12.5. The molecule has 1 saturated heterocycles. The zero-order valence-corrected chi connectivity index (χ0v) is 24.1. The van der Waals surface area contributed by atoms with Crippen molar-refractivity contribution in [2.75, 3.05) is 5.32 Å². The molecule has 1 heterocycles. The second-order valence-corrected chi connectivity index (χ2v) is 12.8. The number of aryl methyl sites for hydroxylation is 1. The number of alkyl halides is 2. The molecule has 0 saturated carbocycles. The van der Waals surface area contributed by atoms with Gasteiger partial charge in [-0.1, -0.05) is 78.3 Å². The summed E-state index contributed by atoms with van der Waals surface area (Å²) in [4.78, 5) is 40.9. The third-order valence-electron chi connectivity index (χ3n) is 8.24. The molecule has 0 unspecified atom stereocenters. The van der Waals surface area contributed by atoms with Crippen molar-refractivity contribution in [2.24, 2.45) is 17.8 Å². The van der Waals surface area contributed by atoms with Crippen molar-refractivity contribution in [1.29, 1.82) is 0 Å². The number of carbonyl (C=O) groups excluding carboxylic acids is 3. The molecule has 0 spiro atoms. The molecule has 3 amide bonds. The van der Waals surface area contributed by atoms with Crippen LogP contribution in [0.2, 0.25) is 0 Å². The Morgan fingerprint density at radius 2 is 1.32 bits per heavy atom. The molecule has 38 heavy (non-hydrogen) atoms. The van der Waals surface area contributed by atoms with Crippen molar-refractivity contribution in [3.63, 3.8) is 0 Å². The second kappa shape index (κ2) is 8.67. The lowest BCUT2D eigenvalue weighted by Gasteiger charge is -2.54. The fourth-order valence-corrected chi connectivity index (χ4v) is 8.23. The molecule has 3 aromatic carbocycles. The number of halogens is 3. The minimum Gasteiger partial charge on any atom is -0.324 e. The first-order valence-corrected chi connectivity index (χ1v) is 14.1. The van der Waals surface area contributed by atoms with Gasteiger partial charge in [-0.15, -0.1) is 23.2 Å². The van der Waals surface area contributed by atoms with Gasteiger partial charge in [0.25, 0.3) is 0 Å². The average Bonchev–Trinajstić information content (AvgIpc) is 3.15. The lowest BCUT2D eigenvalue weighted by molar-refractivity contribution is -0.148. The Balaban J connectivity index is 1.48. The third-order valence-corrected chi connectivity index (χ3v) is 10.0. The van der Waals surface area contributed by atoms with E-state index < -0.39 is 45.3 Å². The number of hydrogen-bond acceptors (Lipinski definition) is 3. The molecular formula is C30H25BrCl2N2O3. The predicted octanol–water partition coefficient (Wildman–Crippen LogP) is 6.31. The van der Waals surface area contributed by atoms with E-state index in [2.05, 4.69) is 21.2 Å². The van der Waals surface area contributed by atoms with Crippen LogP contribution in [0, 0.1) is 24.7 Å². The van der Waals surface area contributed by atoms with E-state index >= 15 is 0 Å². The molecule has 1 fully saturated rings. The number of rotatable bonds is 4. The smallest absolute Gasteiger partial charge is 0.247 e. The van der Waals surface area contributed by atoms with Gasteiger partial charge < -0.3 is 5.32 Å². The summed E-state index contributed by atoms with van der Waals surface area (Å²) in [5, 5.41) is 2.94. The molecule has 7 rings (SSSR count). The van der Waals surface area contributed by atoms with Crippen LogP contribution in [0.5, 0.6) is 0 Å². The van der Waals surface area contributed by atoms with Crippen molar-refractivity contribution in [3.8, 4) is 0 Å². The molecular weight excluding hydrogens is 587 g/mol. The molecule has 5 nitrogen and oxygen atoms in total. The van der Waals surface area contributed by atoms with E-state index in [0.29, 0.717) is 5.69 Å². The molecule has 2 bridgehead atoms. The maximum absolute atomic E-state index is 14.3. The quantitative estimate of drug-likeness (QED) is 0.278. The van der Waals surface area contributed by atoms with Crippen LogP contribution in [-0.2, 0) is 24.1 Å². The number of likely N-dealkylation sites (tertiary alicyclic amines) is 1. The fraction of sp³-hybridized carbons (Fsp3) is 0.300. The van der Waals surface area contributed by atoms with Gasteiger partial charge in [-0.3, -0.25) is 19.3 Å². The van der Waals surface area contributed by atoms with Crippen LogP contribution in [0.15, 0.2) is 71.2 Å². The summed E-state index contributed by atoms with van der Waals surface area (Å²) in [6.45, 7) is 5.53. The molecule has 194 valence electrons. The van der Waals surface area contributed by atoms with Crippen molar-refractivity contribution < 1.29 is 14.4 Å². The highest BCUT2D eigenvalue weighted by atomic mass is 79.9. The lowest BCUT2D eigenvalue weighted by Crippen LogP contribution is -2.57. The van der Waals surface area contributed by atoms with Gasteiger partial charge in [0.15, 0.2) is 0 Å². The van der Waals surface area contributed by atoms with Crippen molar-refractivity contribution in [1.82, 2.24) is 4.90 Å². The zero-order chi connectivity index (χ0) is 27.1. The number of hydrogen-bond donors (Lipinski definition) is 1. The van der Waals surface area contributed by atoms with Gasteiger partial charge in [0, 0.05) is 10.2 Å². The minimum atomic E-state index is -1.28. The summed E-state index contributed by atoms with van der Waals surface area (Å²) in [5.41, 5.74) is 4.40. The van der Waals surface area contributed by atoms with Gasteiger partial charge in [-0.2, -0.15) is 0 Å². The topological polar surface area (TPSA) is 66.5 Å². The van der Waals surface area contributed by atoms with Gasteiger partial charge in [-0.05, 0) is 58.9 Å². The number of anilines is 1. The summed E-state index contributed by atoms with van der Waals surface area (Å²) in [6.07, 6.45) is 0. The summed E-state index contributed by atoms with van der Waals surface area (Å²) < 4.78 is 0.886. The third kappa shape index (κ3) is 3.20. The highest BCUT2D eigenvalue weighted by Gasteiger charge is 2.73. The van der Waals surface area contributed by atoms with Crippen LogP contribution in [-0.4, -0.2) is 28.7 Å². The second-order valence-electron chi connectivity index (χ2n) is 10.7. The molecule has 3 atom stereocenters. The lowest BCUT2D eigenvalue weighted by atomic mass is 9.54. The van der Waals surface area contributed by atoms with Crippen LogP contribution in [0.3, 0.4) is 0 Å². The van der Waals surface area contributed by atoms with E-state index in [1.807, 2.05) is 81.4 Å². The Hall–Kier alpha value is -2.67.